The average Bonchev–Trinajstić information content (AvgIpc) is 2.48. The van der Waals surface area contributed by atoms with E-state index in [1.165, 1.54) is 0 Å². The Morgan fingerprint density at radius 1 is 1.45 bits per heavy atom. The maximum atomic E-state index is 12.8. The van der Waals surface area contributed by atoms with Crippen LogP contribution in [-0.4, -0.2) is 39.0 Å². The van der Waals surface area contributed by atoms with Crippen molar-refractivity contribution in [2.75, 3.05) is 20.2 Å². The molecule has 1 aromatic carbocycles. The lowest BCUT2D eigenvalue weighted by Crippen LogP contribution is -2.44. The van der Waals surface area contributed by atoms with Gasteiger partial charge in [0.25, 0.3) is 0 Å². The van der Waals surface area contributed by atoms with E-state index in [0.29, 0.717) is 24.6 Å². The zero-order valence-electron chi connectivity index (χ0n) is 13.1. The first-order valence-corrected chi connectivity index (χ1v) is 8.72. The zero-order valence-corrected chi connectivity index (χ0v) is 14.7. The quantitative estimate of drug-likeness (QED) is 0.883. The van der Waals surface area contributed by atoms with Crippen molar-refractivity contribution < 1.29 is 13.2 Å². The van der Waals surface area contributed by atoms with Crippen LogP contribution in [0.3, 0.4) is 0 Å². The molecule has 0 bridgehead atoms. The number of benzene rings is 1. The van der Waals surface area contributed by atoms with Gasteiger partial charge in [-0.1, -0.05) is 12.1 Å². The molecule has 0 aliphatic carbocycles. The van der Waals surface area contributed by atoms with Gasteiger partial charge in [-0.25, -0.2) is 8.42 Å². The summed E-state index contributed by atoms with van der Waals surface area (Å²) in [6, 6.07) is 6.97. The number of hydrogen-bond donors (Lipinski definition) is 1. The maximum absolute atomic E-state index is 12.8. The summed E-state index contributed by atoms with van der Waals surface area (Å²) in [5.41, 5.74) is 6.80. The molecule has 0 amide bonds. The highest BCUT2D eigenvalue weighted by Gasteiger charge is 2.31. The van der Waals surface area contributed by atoms with Crippen LogP contribution in [0.15, 0.2) is 29.2 Å². The highest BCUT2D eigenvalue weighted by molar-refractivity contribution is 7.89. The minimum atomic E-state index is -3.45. The molecule has 2 N–H and O–H groups in total. The molecule has 0 aromatic heterocycles. The largest absolute Gasteiger partial charge is 0.380 e. The van der Waals surface area contributed by atoms with Crippen LogP contribution in [0, 0.1) is 5.92 Å². The predicted molar refractivity (Wildman–Crippen MR) is 89.5 cm³/mol. The highest BCUT2D eigenvalue weighted by atomic mass is 35.5. The van der Waals surface area contributed by atoms with Gasteiger partial charge in [-0.15, -0.1) is 12.4 Å². The fourth-order valence-electron chi connectivity index (χ4n) is 2.73. The van der Waals surface area contributed by atoms with E-state index in [9.17, 15) is 8.42 Å². The van der Waals surface area contributed by atoms with Crippen molar-refractivity contribution >= 4 is 22.4 Å². The third-order valence-electron chi connectivity index (χ3n) is 4.01. The van der Waals surface area contributed by atoms with Crippen LogP contribution in [0.5, 0.6) is 0 Å². The van der Waals surface area contributed by atoms with Gasteiger partial charge in [-0.05, 0) is 43.4 Å². The molecule has 1 heterocycles. The second kappa shape index (κ2) is 8.26. The van der Waals surface area contributed by atoms with Crippen LogP contribution in [0.1, 0.15) is 25.3 Å². The Morgan fingerprint density at radius 2 is 2.18 bits per heavy atom. The second-order valence-corrected chi connectivity index (χ2v) is 7.64. The number of hydrogen-bond acceptors (Lipinski definition) is 4. The molecular weight excluding hydrogens is 324 g/mol. The van der Waals surface area contributed by atoms with E-state index in [1.54, 1.807) is 29.6 Å². The minimum absolute atomic E-state index is 0. The summed E-state index contributed by atoms with van der Waals surface area (Å²) in [5.74, 6) is 0.232. The first kappa shape index (κ1) is 19.4. The summed E-state index contributed by atoms with van der Waals surface area (Å²) in [5, 5.41) is 0. The highest BCUT2D eigenvalue weighted by Crippen LogP contribution is 2.25. The smallest absolute Gasteiger partial charge is 0.243 e. The molecule has 2 unspecified atom stereocenters. The van der Waals surface area contributed by atoms with Crippen molar-refractivity contribution in [3.05, 3.63) is 29.8 Å². The van der Waals surface area contributed by atoms with E-state index in [0.717, 1.165) is 18.4 Å². The summed E-state index contributed by atoms with van der Waals surface area (Å²) < 4.78 is 32.1. The van der Waals surface area contributed by atoms with E-state index >= 15 is 0 Å². The molecule has 1 saturated heterocycles. The van der Waals surface area contributed by atoms with E-state index < -0.39 is 10.0 Å². The van der Waals surface area contributed by atoms with Crippen LogP contribution < -0.4 is 5.73 Å². The molecule has 1 fully saturated rings. The number of sulfonamides is 1. The molecule has 0 saturated carbocycles. The van der Waals surface area contributed by atoms with Crippen LogP contribution in [0.2, 0.25) is 0 Å². The molecule has 0 spiro atoms. The summed E-state index contributed by atoms with van der Waals surface area (Å²) in [4.78, 5) is 0.336. The molecular formula is C15H25ClN2O3S. The van der Waals surface area contributed by atoms with E-state index in [1.807, 2.05) is 13.0 Å². The Hall–Kier alpha value is -0.660. The van der Waals surface area contributed by atoms with Gasteiger partial charge >= 0.3 is 0 Å². The molecule has 1 aliphatic rings. The van der Waals surface area contributed by atoms with E-state index in [4.69, 9.17) is 10.5 Å². The van der Waals surface area contributed by atoms with Gasteiger partial charge in [0.15, 0.2) is 0 Å². The predicted octanol–water partition coefficient (Wildman–Crippen LogP) is 2.00. The van der Waals surface area contributed by atoms with Gasteiger partial charge in [0, 0.05) is 26.2 Å². The number of rotatable bonds is 5. The first-order valence-electron chi connectivity index (χ1n) is 7.28. The summed E-state index contributed by atoms with van der Waals surface area (Å²) >= 11 is 0. The molecule has 0 radical (unpaired) electrons. The van der Waals surface area contributed by atoms with Crippen molar-refractivity contribution in [1.29, 1.82) is 0 Å². The summed E-state index contributed by atoms with van der Waals surface area (Å²) in [6.07, 6.45) is 1.86. The molecule has 1 aliphatic heterocycles. The molecule has 7 heteroatoms. The number of methoxy groups -OCH3 is 1. The van der Waals surface area contributed by atoms with Gasteiger partial charge in [0.1, 0.15) is 0 Å². The number of nitrogens with zero attached hydrogens (tertiary/aromatic N) is 1. The summed E-state index contributed by atoms with van der Waals surface area (Å²) in [6.45, 7) is 3.43. The van der Waals surface area contributed by atoms with E-state index in [-0.39, 0.29) is 24.4 Å². The number of halogens is 1. The maximum Gasteiger partial charge on any atom is 0.243 e. The molecule has 126 valence electrons. The SMILES string of the molecule is COCc1cccc(S(=O)(=O)N2CCCC(C(C)N)C2)c1.Cl. The van der Waals surface area contributed by atoms with Gasteiger partial charge in [-0.3, -0.25) is 0 Å². The fourth-order valence-corrected chi connectivity index (χ4v) is 4.34. The second-order valence-electron chi connectivity index (χ2n) is 5.70. The molecule has 2 atom stereocenters. The van der Waals surface area contributed by atoms with E-state index in [2.05, 4.69) is 0 Å². The third kappa shape index (κ3) is 4.43. The first-order chi connectivity index (χ1) is 9.95. The third-order valence-corrected chi connectivity index (χ3v) is 5.87. The topological polar surface area (TPSA) is 72.6 Å². The Kier molecular flexibility index (Phi) is 7.28. The van der Waals surface area contributed by atoms with Crippen molar-refractivity contribution in [2.24, 2.45) is 11.7 Å². The lowest BCUT2D eigenvalue weighted by Gasteiger charge is -2.33. The lowest BCUT2D eigenvalue weighted by atomic mass is 9.93. The van der Waals surface area contributed by atoms with Gasteiger partial charge in [0.05, 0.1) is 11.5 Å². The van der Waals surface area contributed by atoms with Crippen molar-refractivity contribution in [2.45, 2.75) is 37.3 Å². The van der Waals surface area contributed by atoms with Gasteiger partial charge in [0.2, 0.25) is 10.0 Å². The Bertz CT molecular complexity index is 578. The Morgan fingerprint density at radius 3 is 2.82 bits per heavy atom. The number of piperidine rings is 1. The van der Waals surface area contributed by atoms with Crippen LogP contribution in [0.4, 0.5) is 0 Å². The molecule has 1 aromatic rings. The van der Waals surface area contributed by atoms with Crippen LogP contribution in [-0.2, 0) is 21.4 Å². The number of nitrogens with two attached hydrogens (primary N) is 1. The molecule has 5 nitrogen and oxygen atoms in total. The van der Waals surface area contributed by atoms with Crippen molar-refractivity contribution in [3.63, 3.8) is 0 Å². The average molecular weight is 349 g/mol. The summed E-state index contributed by atoms with van der Waals surface area (Å²) in [7, 11) is -1.85. The van der Waals surface area contributed by atoms with Crippen molar-refractivity contribution in [1.82, 2.24) is 4.31 Å². The zero-order chi connectivity index (χ0) is 15.5. The van der Waals surface area contributed by atoms with Crippen LogP contribution in [0.25, 0.3) is 0 Å². The standard InChI is InChI=1S/C15H24N2O3S.ClH/c1-12(16)14-6-4-8-17(10-14)21(18,19)15-7-3-5-13(9-15)11-20-2;/h3,5,7,9,12,14H,4,6,8,10-11,16H2,1-2H3;1H. The fraction of sp³-hybridized carbons (Fsp3) is 0.600. The minimum Gasteiger partial charge on any atom is -0.380 e. The molecule has 22 heavy (non-hydrogen) atoms. The van der Waals surface area contributed by atoms with Crippen LogP contribution >= 0.6 is 12.4 Å². The lowest BCUT2D eigenvalue weighted by molar-refractivity contribution is 0.184. The normalized spacial score (nSPS) is 21.1. The Labute approximate surface area is 139 Å². The number of ether oxygens (including phenoxy) is 1. The monoisotopic (exact) mass is 348 g/mol. The Balaban J connectivity index is 0.00000242. The van der Waals surface area contributed by atoms with Gasteiger partial charge < -0.3 is 10.5 Å². The van der Waals surface area contributed by atoms with Crippen molar-refractivity contribution in [3.8, 4) is 0 Å². The molecule has 2 rings (SSSR count). The van der Waals surface area contributed by atoms with Gasteiger partial charge in [-0.2, -0.15) is 4.31 Å².